The molecule has 3 aromatic heterocycles. The van der Waals surface area contributed by atoms with Crippen LogP contribution in [0, 0.1) is 0 Å². The van der Waals surface area contributed by atoms with Crippen LogP contribution in [-0.4, -0.2) is 39.7 Å². The molecule has 0 saturated carbocycles. The minimum atomic E-state index is 0.670. The second-order valence-electron chi connectivity index (χ2n) is 7.46. The minimum absolute atomic E-state index is 0.670. The molecule has 4 heterocycles. The highest BCUT2D eigenvalue weighted by atomic mass is 16.5. The van der Waals surface area contributed by atoms with Crippen molar-refractivity contribution in [3.63, 3.8) is 0 Å². The lowest BCUT2D eigenvalue weighted by Crippen LogP contribution is -2.30. The molecular weight excluding hydrogens is 364 g/mol. The van der Waals surface area contributed by atoms with Crippen molar-refractivity contribution in [2.75, 3.05) is 20.3 Å². The topological polar surface area (TPSA) is 56.3 Å². The fourth-order valence-corrected chi connectivity index (χ4v) is 4.10. The number of methoxy groups -OCH3 is 1. The van der Waals surface area contributed by atoms with Crippen LogP contribution in [-0.2, 0) is 30.8 Å². The highest BCUT2D eigenvalue weighted by molar-refractivity contribution is 5.83. The van der Waals surface area contributed by atoms with E-state index in [9.17, 15) is 0 Å². The predicted molar refractivity (Wildman–Crippen MR) is 111 cm³/mol. The molecule has 0 amide bonds. The van der Waals surface area contributed by atoms with E-state index in [1.54, 1.807) is 13.4 Å². The molecule has 0 spiro atoms. The lowest BCUT2D eigenvalue weighted by Gasteiger charge is -2.27. The smallest absolute Gasteiger partial charge is 0.195 e. The van der Waals surface area contributed by atoms with Crippen LogP contribution < -0.4 is 0 Å². The van der Waals surface area contributed by atoms with Gasteiger partial charge in [0.1, 0.15) is 0 Å². The maximum absolute atomic E-state index is 5.44. The second kappa shape index (κ2) is 7.81. The summed E-state index contributed by atoms with van der Waals surface area (Å²) in [6, 6.07) is 12.4. The van der Waals surface area contributed by atoms with Crippen molar-refractivity contribution in [1.29, 1.82) is 0 Å². The summed E-state index contributed by atoms with van der Waals surface area (Å²) in [5.41, 5.74) is 4.96. The maximum Gasteiger partial charge on any atom is 0.195 e. The number of aromatic nitrogens is 3. The molecule has 1 aliphatic heterocycles. The van der Waals surface area contributed by atoms with Crippen LogP contribution in [0.15, 0.2) is 59.5 Å². The Bertz CT molecular complexity index is 1120. The van der Waals surface area contributed by atoms with Crippen LogP contribution in [0.3, 0.4) is 0 Å². The Morgan fingerprint density at radius 1 is 1.17 bits per heavy atom. The van der Waals surface area contributed by atoms with Crippen molar-refractivity contribution in [3.8, 4) is 11.6 Å². The highest BCUT2D eigenvalue weighted by Crippen LogP contribution is 2.26. The largest absolute Gasteiger partial charge is 0.461 e. The Morgan fingerprint density at radius 3 is 2.97 bits per heavy atom. The summed E-state index contributed by atoms with van der Waals surface area (Å²) in [4.78, 5) is 11.7. The van der Waals surface area contributed by atoms with E-state index in [1.165, 1.54) is 22.0 Å². The van der Waals surface area contributed by atoms with Crippen LogP contribution in [0.25, 0.3) is 22.5 Å². The summed E-state index contributed by atoms with van der Waals surface area (Å²) in [6.07, 6.45) is 6.81. The Balaban J connectivity index is 1.36. The number of nitrogens with zero attached hydrogens (tertiary/aromatic N) is 4. The van der Waals surface area contributed by atoms with Gasteiger partial charge >= 0.3 is 0 Å². The molecule has 0 N–H and O–H groups in total. The number of fused-ring (bicyclic) bond motifs is 2. The van der Waals surface area contributed by atoms with Gasteiger partial charge in [-0.15, -0.1) is 0 Å². The van der Waals surface area contributed by atoms with Gasteiger partial charge in [0, 0.05) is 68.6 Å². The molecule has 0 radical (unpaired) electrons. The number of rotatable bonds is 6. The third-order valence-corrected chi connectivity index (χ3v) is 5.56. The highest BCUT2D eigenvalue weighted by Gasteiger charge is 2.21. The molecule has 0 atom stereocenters. The van der Waals surface area contributed by atoms with Gasteiger partial charge in [0.05, 0.1) is 18.6 Å². The van der Waals surface area contributed by atoms with E-state index in [0.29, 0.717) is 12.4 Å². The molecule has 0 aliphatic carbocycles. The van der Waals surface area contributed by atoms with E-state index < -0.39 is 0 Å². The molecule has 148 valence electrons. The van der Waals surface area contributed by atoms with Gasteiger partial charge in [-0.05, 0) is 23.8 Å². The van der Waals surface area contributed by atoms with E-state index in [2.05, 4.69) is 44.9 Å². The van der Waals surface area contributed by atoms with Gasteiger partial charge in [-0.2, -0.15) is 0 Å². The van der Waals surface area contributed by atoms with Crippen LogP contribution >= 0.6 is 0 Å². The molecule has 0 fully saturated rings. The second-order valence-corrected chi connectivity index (χ2v) is 7.46. The first kappa shape index (κ1) is 18.1. The summed E-state index contributed by atoms with van der Waals surface area (Å²) in [5, 5.41) is 1.32. The molecule has 1 aliphatic rings. The molecule has 0 bridgehead atoms. The van der Waals surface area contributed by atoms with E-state index >= 15 is 0 Å². The lowest BCUT2D eigenvalue weighted by molar-refractivity contribution is 0.188. The fraction of sp³-hybridized carbons (Fsp3) is 0.304. The normalized spacial score (nSPS) is 14.4. The van der Waals surface area contributed by atoms with E-state index in [1.807, 2.05) is 18.3 Å². The Kier molecular flexibility index (Phi) is 4.87. The van der Waals surface area contributed by atoms with Crippen LogP contribution in [0.2, 0.25) is 0 Å². The fourth-order valence-electron chi connectivity index (χ4n) is 4.10. The van der Waals surface area contributed by atoms with E-state index in [-0.39, 0.29) is 0 Å². The maximum atomic E-state index is 5.44. The monoisotopic (exact) mass is 388 g/mol. The lowest BCUT2D eigenvalue weighted by atomic mass is 10.1. The van der Waals surface area contributed by atoms with Crippen molar-refractivity contribution in [2.24, 2.45) is 0 Å². The number of ether oxygens (including phenoxy) is 1. The predicted octanol–water partition coefficient (Wildman–Crippen LogP) is 3.90. The summed E-state index contributed by atoms with van der Waals surface area (Å²) >= 11 is 0. The van der Waals surface area contributed by atoms with Gasteiger partial charge in [0.25, 0.3) is 0 Å². The molecule has 1 aromatic carbocycles. The number of benzene rings is 1. The van der Waals surface area contributed by atoms with Crippen LogP contribution in [0.4, 0.5) is 0 Å². The van der Waals surface area contributed by atoms with Gasteiger partial charge in [-0.3, -0.25) is 4.90 Å². The zero-order valence-electron chi connectivity index (χ0n) is 16.5. The van der Waals surface area contributed by atoms with Gasteiger partial charge in [-0.1, -0.05) is 18.2 Å². The molecule has 29 heavy (non-hydrogen) atoms. The number of hydrogen-bond donors (Lipinski definition) is 0. The molecule has 6 heteroatoms. The Morgan fingerprint density at radius 2 is 2.10 bits per heavy atom. The molecule has 0 saturated heterocycles. The third-order valence-electron chi connectivity index (χ3n) is 5.56. The first-order valence-corrected chi connectivity index (χ1v) is 9.98. The van der Waals surface area contributed by atoms with E-state index in [4.69, 9.17) is 14.1 Å². The van der Waals surface area contributed by atoms with Gasteiger partial charge in [0.15, 0.2) is 11.6 Å². The first-order valence-electron chi connectivity index (χ1n) is 9.98. The average molecular weight is 388 g/mol. The zero-order valence-corrected chi connectivity index (χ0v) is 16.5. The van der Waals surface area contributed by atoms with Gasteiger partial charge in [-0.25, -0.2) is 9.97 Å². The van der Waals surface area contributed by atoms with Gasteiger partial charge in [0.2, 0.25) is 0 Å². The number of hydrogen-bond acceptors (Lipinski definition) is 5. The van der Waals surface area contributed by atoms with E-state index in [0.717, 1.165) is 44.1 Å². The van der Waals surface area contributed by atoms with Crippen molar-refractivity contribution in [3.05, 3.63) is 71.9 Å². The Hall–Kier alpha value is -2.96. The molecule has 6 nitrogen and oxygen atoms in total. The molecular formula is C23H24N4O2. The van der Waals surface area contributed by atoms with Crippen molar-refractivity contribution < 1.29 is 9.15 Å². The average Bonchev–Trinajstić information content (AvgIpc) is 3.41. The summed E-state index contributed by atoms with van der Waals surface area (Å²) in [7, 11) is 1.75. The summed E-state index contributed by atoms with van der Waals surface area (Å²) < 4.78 is 13.0. The van der Waals surface area contributed by atoms with Crippen molar-refractivity contribution in [1.82, 2.24) is 19.4 Å². The SMILES string of the molecule is COCCn1cc(CN2CCc3nc(-c4ccco4)ncc3C2)c2ccccc21. The number of furan rings is 1. The van der Waals surface area contributed by atoms with Gasteiger partial charge < -0.3 is 13.7 Å². The quantitative estimate of drug-likeness (QED) is 0.501. The summed E-state index contributed by atoms with van der Waals surface area (Å²) in [5.74, 6) is 1.39. The van der Waals surface area contributed by atoms with Crippen LogP contribution in [0.5, 0.6) is 0 Å². The molecule has 4 aromatic rings. The zero-order chi connectivity index (χ0) is 19.6. The van der Waals surface area contributed by atoms with Crippen molar-refractivity contribution in [2.45, 2.75) is 26.1 Å². The summed E-state index contributed by atoms with van der Waals surface area (Å²) in [6.45, 7) is 4.35. The van der Waals surface area contributed by atoms with Crippen molar-refractivity contribution >= 4 is 10.9 Å². The third kappa shape index (κ3) is 3.57. The minimum Gasteiger partial charge on any atom is -0.461 e. The molecule has 0 unspecified atom stereocenters. The van der Waals surface area contributed by atoms with Crippen LogP contribution in [0.1, 0.15) is 16.8 Å². The molecule has 5 rings (SSSR count). The first-order chi connectivity index (χ1) is 14.3. The number of para-hydroxylation sites is 1. The standard InChI is InChI=1S/C23H24N4O2/c1-28-12-10-27-16-18(19-5-2-3-6-21(19)27)15-26-9-8-20-17(14-26)13-24-23(25-20)22-7-4-11-29-22/h2-7,11,13,16H,8-10,12,14-15H2,1H3. The Labute approximate surface area is 169 Å².